The van der Waals surface area contributed by atoms with Crippen LogP contribution in [0.15, 0.2) is 47.3 Å². The molecular formula is C20H20BrNO. The van der Waals surface area contributed by atoms with Crippen molar-refractivity contribution in [3.05, 3.63) is 69.5 Å². The number of alkyl halides is 1. The van der Waals surface area contributed by atoms with E-state index in [2.05, 4.69) is 54.0 Å². The van der Waals surface area contributed by atoms with Gasteiger partial charge < -0.3 is 4.57 Å². The zero-order valence-corrected chi connectivity index (χ0v) is 15.4. The van der Waals surface area contributed by atoms with E-state index in [9.17, 15) is 4.79 Å². The van der Waals surface area contributed by atoms with Gasteiger partial charge in [0.1, 0.15) is 0 Å². The molecule has 0 spiro atoms. The number of rotatable bonds is 2. The fourth-order valence-corrected chi connectivity index (χ4v) is 3.51. The molecule has 2 nitrogen and oxygen atoms in total. The van der Waals surface area contributed by atoms with Crippen molar-refractivity contribution in [3.8, 4) is 11.3 Å². The number of pyridine rings is 1. The SMILES string of the molecule is Cc1cc(C(C)Br)c2cc(-c3ccccc3C)n(C)c(=O)c2c1. The van der Waals surface area contributed by atoms with E-state index in [0.29, 0.717) is 0 Å². The fourth-order valence-electron chi connectivity index (χ4n) is 3.14. The Morgan fingerprint density at radius 1 is 1.04 bits per heavy atom. The van der Waals surface area contributed by atoms with Crippen LogP contribution in [0.5, 0.6) is 0 Å². The van der Waals surface area contributed by atoms with Crippen molar-refractivity contribution in [3.63, 3.8) is 0 Å². The van der Waals surface area contributed by atoms with Crippen LogP contribution in [0.4, 0.5) is 0 Å². The van der Waals surface area contributed by atoms with Gasteiger partial charge in [-0.15, -0.1) is 0 Å². The molecule has 0 radical (unpaired) electrons. The Labute approximate surface area is 144 Å². The van der Waals surface area contributed by atoms with Gasteiger partial charge in [0.05, 0.1) is 5.69 Å². The monoisotopic (exact) mass is 369 g/mol. The molecule has 0 aliphatic carbocycles. The highest BCUT2D eigenvalue weighted by Crippen LogP contribution is 2.32. The standard InChI is InChI=1S/C20H20BrNO/c1-12-9-16(14(3)21)17-11-19(15-8-6-5-7-13(15)2)22(4)20(23)18(17)10-12/h5-11,14H,1-4H3. The molecule has 1 atom stereocenters. The lowest BCUT2D eigenvalue weighted by Crippen LogP contribution is -2.19. The molecule has 3 heteroatoms. The second-order valence-electron chi connectivity index (χ2n) is 6.14. The molecule has 1 aromatic heterocycles. The van der Waals surface area contributed by atoms with Crippen molar-refractivity contribution < 1.29 is 0 Å². The summed E-state index contributed by atoms with van der Waals surface area (Å²) in [6.07, 6.45) is 0. The van der Waals surface area contributed by atoms with Crippen LogP contribution in [0, 0.1) is 13.8 Å². The number of hydrogen-bond donors (Lipinski definition) is 0. The summed E-state index contributed by atoms with van der Waals surface area (Å²) in [6.45, 7) is 6.21. The minimum Gasteiger partial charge on any atom is -0.311 e. The second-order valence-corrected chi connectivity index (χ2v) is 7.51. The highest BCUT2D eigenvalue weighted by molar-refractivity contribution is 9.09. The normalized spacial score (nSPS) is 12.6. The van der Waals surface area contributed by atoms with Crippen molar-refractivity contribution in [2.45, 2.75) is 25.6 Å². The maximum absolute atomic E-state index is 12.9. The third kappa shape index (κ3) is 2.74. The highest BCUT2D eigenvalue weighted by Gasteiger charge is 2.15. The van der Waals surface area contributed by atoms with Crippen molar-refractivity contribution in [1.82, 2.24) is 4.57 Å². The summed E-state index contributed by atoms with van der Waals surface area (Å²) in [5.41, 5.74) is 5.55. The molecule has 3 rings (SSSR count). The van der Waals surface area contributed by atoms with Crippen molar-refractivity contribution in [2.75, 3.05) is 0 Å². The molecule has 1 heterocycles. The fraction of sp³-hybridized carbons (Fsp3) is 0.250. The van der Waals surface area contributed by atoms with Gasteiger partial charge in [-0.1, -0.05) is 46.3 Å². The first kappa shape index (κ1) is 16.0. The van der Waals surface area contributed by atoms with Gasteiger partial charge in [0.15, 0.2) is 0 Å². The topological polar surface area (TPSA) is 22.0 Å². The number of nitrogens with zero attached hydrogens (tertiary/aromatic N) is 1. The molecule has 2 aromatic carbocycles. The molecule has 3 aromatic rings. The van der Waals surface area contributed by atoms with E-state index in [1.807, 2.05) is 32.2 Å². The van der Waals surface area contributed by atoms with Crippen LogP contribution in [0.1, 0.15) is 28.4 Å². The summed E-state index contributed by atoms with van der Waals surface area (Å²) in [5, 5.41) is 1.81. The maximum Gasteiger partial charge on any atom is 0.258 e. The Morgan fingerprint density at radius 3 is 2.39 bits per heavy atom. The van der Waals surface area contributed by atoms with E-state index < -0.39 is 0 Å². The highest BCUT2D eigenvalue weighted by atomic mass is 79.9. The largest absolute Gasteiger partial charge is 0.311 e. The third-order valence-electron chi connectivity index (χ3n) is 4.38. The summed E-state index contributed by atoms with van der Waals surface area (Å²) in [7, 11) is 1.85. The number of benzene rings is 2. The van der Waals surface area contributed by atoms with Gasteiger partial charge in [-0.05, 0) is 55.0 Å². The zero-order chi connectivity index (χ0) is 16.7. The molecule has 0 amide bonds. The van der Waals surface area contributed by atoms with Crippen LogP contribution in [0.2, 0.25) is 0 Å². The summed E-state index contributed by atoms with van der Waals surface area (Å²) >= 11 is 3.67. The predicted molar refractivity (Wildman–Crippen MR) is 101 cm³/mol. The Bertz CT molecular complexity index is 954. The van der Waals surface area contributed by atoms with Crippen molar-refractivity contribution in [2.24, 2.45) is 7.05 Å². The van der Waals surface area contributed by atoms with E-state index in [4.69, 9.17) is 0 Å². The average molecular weight is 370 g/mol. The average Bonchev–Trinajstić information content (AvgIpc) is 2.51. The molecule has 0 saturated carbocycles. The number of fused-ring (bicyclic) bond motifs is 1. The van der Waals surface area contributed by atoms with Crippen LogP contribution in [0.3, 0.4) is 0 Å². The smallest absolute Gasteiger partial charge is 0.258 e. The Hall–Kier alpha value is -1.87. The van der Waals surface area contributed by atoms with E-state index in [1.165, 1.54) is 5.56 Å². The Kier molecular flexibility index (Phi) is 4.15. The van der Waals surface area contributed by atoms with E-state index >= 15 is 0 Å². The number of aromatic nitrogens is 1. The minimum absolute atomic E-state index is 0.0545. The summed E-state index contributed by atoms with van der Waals surface area (Å²) < 4.78 is 1.76. The molecule has 0 N–H and O–H groups in total. The lowest BCUT2D eigenvalue weighted by molar-refractivity contribution is 0.881. The molecule has 0 saturated heterocycles. The summed E-state index contributed by atoms with van der Waals surface area (Å²) in [5.74, 6) is 0. The maximum atomic E-state index is 12.9. The third-order valence-corrected chi connectivity index (χ3v) is 4.88. The lowest BCUT2D eigenvalue weighted by atomic mass is 9.97. The van der Waals surface area contributed by atoms with Crippen molar-refractivity contribution in [1.29, 1.82) is 0 Å². The zero-order valence-electron chi connectivity index (χ0n) is 13.9. The Morgan fingerprint density at radius 2 is 1.74 bits per heavy atom. The first-order valence-electron chi connectivity index (χ1n) is 7.74. The van der Waals surface area contributed by atoms with Gasteiger partial charge in [0, 0.05) is 22.8 Å². The van der Waals surface area contributed by atoms with Crippen LogP contribution >= 0.6 is 15.9 Å². The molecule has 0 aliphatic rings. The minimum atomic E-state index is 0.0545. The molecular weight excluding hydrogens is 350 g/mol. The summed E-state index contributed by atoms with van der Waals surface area (Å²) in [6, 6.07) is 14.5. The van der Waals surface area contributed by atoms with Crippen molar-refractivity contribution >= 4 is 26.7 Å². The number of aryl methyl sites for hydroxylation is 2. The molecule has 0 fully saturated rings. The van der Waals surface area contributed by atoms with Gasteiger partial charge in [0.2, 0.25) is 0 Å². The van der Waals surface area contributed by atoms with Gasteiger partial charge >= 0.3 is 0 Å². The van der Waals surface area contributed by atoms with Gasteiger partial charge in [-0.2, -0.15) is 0 Å². The van der Waals surface area contributed by atoms with E-state index in [-0.39, 0.29) is 10.4 Å². The molecule has 1 unspecified atom stereocenters. The Balaban J connectivity index is 2.45. The molecule has 0 aliphatic heterocycles. The molecule has 118 valence electrons. The first-order chi connectivity index (χ1) is 10.9. The van der Waals surface area contributed by atoms with Gasteiger partial charge in [0.25, 0.3) is 5.56 Å². The van der Waals surface area contributed by atoms with Crippen LogP contribution < -0.4 is 5.56 Å². The van der Waals surface area contributed by atoms with Crippen LogP contribution in [0.25, 0.3) is 22.0 Å². The van der Waals surface area contributed by atoms with Gasteiger partial charge in [-0.25, -0.2) is 0 Å². The van der Waals surface area contributed by atoms with Gasteiger partial charge in [-0.3, -0.25) is 4.79 Å². The van der Waals surface area contributed by atoms with E-state index in [0.717, 1.165) is 33.2 Å². The quantitative estimate of drug-likeness (QED) is 0.563. The van der Waals surface area contributed by atoms with Crippen LogP contribution in [-0.4, -0.2) is 4.57 Å². The van der Waals surface area contributed by atoms with Crippen LogP contribution in [-0.2, 0) is 7.05 Å². The van der Waals surface area contributed by atoms with E-state index in [1.54, 1.807) is 4.57 Å². The second kappa shape index (κ2) is 5.97. The lowest BCUT2D eigenvalue weighted by Gasteiger charge is -2.16. The number of hydrogen-bond acceptors (Lipinski definition) is 1. The molecule has 0 bridgehead atoms. The molecule has 23 heavy (non-hydrogen) atoms. The predicted octanol–water partition coefficient (Wildman–Crippen LogP) is 5.28. The summed E-state index contributed by atoms with van der Waals surface area (Å²) in [4.78, 5) is 13.1. The number of halogens is 1. The first-order valence-corrected chi connectivity index (χ1v) is 8.66.